The fourth-order valence-electron chi connectivity index (χ4n) is 1.92. The van der Waals surface area contributed by atoms with E-state index in [4.69, 9.17) is 9.15 Å². The number of carbonyl (C=O) groups excluding carboxylic acids is 3. The monoisotopic (exact) mass is 393 g/mol. The van der Waals surface area contributed by atoms with Crippen molar-refractivity contribution >= 4 is 33.6 Å². The molecule has 0 aliphatic heterocycles. The van der Waals surface area contributed by atoms with E-state index in [0.29, 0.717) is 10.2 Å². The summed E-state index contributed by atoms with van der Waals surface area (Å²) in [5, 5.41) is 2.36. The third kappa shape index (κ3) is 4.79. The van der Waals surface area contributed by atoms with Crippen molar-refractivity contribution in [3.05, 3.63) is 58.0 Å². The third-order valence-corrected chi connectivity index (χ3v) is 3.63. The lowest BCUT2D eigenvalue weighted by atomic mass is 10.1. The van der Waals surface area contributed by atoms with Crippen LogP contribution in [-0.2, 0) is 9.53 Å². The molecular weight excluding hydrogens is 378 g/mol. The number of hydrogen-bond donors (Lipinski definition) is 1. The van der Waals surface area contributed by atoms with Gasteiger partial charge in [-0.05, 0) is 41.9 Å². The summed E-state index contributed by atoms with van der Waals surface area (Å²) in [6.45, 7) is 3.05. The molecule has 0 fully saturated rings. The fourth-order valence-corrected chi connectivity index (χ4v) is 2.23. The molecule has 0 bridgehead atoms. The number of hydrogen-bond acceptors (Lipinski definition) is 5. The Kier molecular flexibility index (Phi) is 5.92. The van der Waals surface area contributed by atoms with E-state index in [1.165, 1.54) is 13.0 Å². The van der Waals surface area contributed by atoms with Crippen LogP contribution in [0.3, 0.4) is 0 Å². The van der Waals surface area contributed by atoms with Crippen LogP contribution >= 0.6 is 15.9 Å². The molecule has 0 aliphatic rings. The zero-order chi connectivity index (χ0) is 17.7. The molecule has 1 heterocycles. The second kappa shape index (κ2) is 7.92. The number of carbonyl (C=O) groups is 3. The molecule has 1 amide bonds. The lowest BCUT2D eigenvalue weighted by Crippen LogP contribution is -2.33. The summed E-state index contributed by atoms with van der Waals surface area (Å²) < 4.78 is 10.5. The van der Waals surface area contributed by atoms with Crippen LogP contribution in [0.15, 0.2) is 45.5 Å². The van der Waals surface area contributed by atoms with Crippen LogP contribution < -0.4 is 5.32 Å². The van der Waals surface area contributed by atoms with Gasteiger partial charge in [-0.25, -0.2) is 0 Å². The van der Waals surface area contributed by atoms with E-state index in [-0.39, 0.29) is 18.1 Å². The Bertz CT molecular complexity index is 751. The van der Waals surface area contributed by atoms with Crippen LogP contribution in [0.25, 0.3) is 0 Å². The first-order valence-corrected chi connectivity index (χ1v) is 8.00. The molecule has 0 aliphatic carbocycles. The summed E-state index contributed by atoms with van der Waals surface area (Å²) in [4.78, 5) is 35.7. The van der Waals surface area contributed by atoms with Gasteiger partial charge in [0, 0.05) is 5.56 Å². The average Bonchev–Trinajstić information content (AvgIpc) is 2.99. The summed E-state index contributed by atoms with van der Waals surface area (Å²) in [5.74, 6) is -1.49. The van der Waals surface area contributed by atoms with Gasteiger partial charge in [0.25, 0.3) is 5.91 Å². The number of furan rings is 1. The predicted octanol–water partition coefficient (Wildman–Crippen LogP) is 2.89. The molecule has 0 saturated carbocycles. The standard InChI is InChI=1S/C17H16BrNO5/c1-10-3-5-12(6-4-10)16(21)11(2)23-15(20)9-19-17(22)13-7-8-14(18)24-13/h3-8,11H,9H2,1-2H3,(H,19,22)/t11-/m1/s1. The summed E-state index contributed by atoms with van der Waals surface area (Å²) in [5.41, 5.74) is 1.49. The molecular formula is C17H16BrNO5. The molecule has 6 nitrogen and oxygen atoms in total. The number of ether oxygens (including phenoxy) is 1. The quantitative estimate of drug-likeness (QED) is 0.602. The van der Waals surface area contributed by atoms with Gasteiger partial charge in [0.05, 0.1) is 0 Å². The van der Waals surface area contributed by atoms with Gasteiger partial charge in [0.1, 0.15) is 6.54 Å². The largest absolute Gasteiger partial charge is 0.453 e. The van der Waals surface area contributed by atoms with Crippen LogP contribution in [0.4, 0.5) is 0 Å². The average molecular weight is 394 g/mol. The van der Waals surface area contributed by atoms with E-state index >= 15 is 0 Å². The van der Waals surface area contributed by atoms with Crippen molar-refractivity contribution < 1.29 is 23.5 Å². The fraction of sp³-hybridized carbons (Fsp3) is 0.235. The van der Waals surface area contributed by atoms with Crippen LogP contribution in [0.2, 0.25) is 0 Å². The molecule has 0 saturated heterocycles. The number of rotatable bonds is 6. The van der Waals surface area contributed by atoms with Gasteiger partial charge in [0.2, 0.25) is 5.78 Å². The molecule has 7 heteroatoms. The number of Topliss-reactive ketones (excluding diaryl/α,β-unsaturated/α-hetero) is 1. The maximum atomic E-state index is 12.2. The van der Waals surface area contributed by atoms with Gasteiger partial charge in [-0.3, -0.25) is 14.4 Å². The molecule has 2 rings (SSSR count). The molecule has 126 valence electrons. The Morgan fingerprint density at radius 3 is 2.42 bits per heavy atom. The Morgan fingerprint density at radius 1 is 1.17 bits per heavy atom. The van der Waals surface area contributed by atoms with Gasteiger partial charge in [-0.15, -0.1) is 0 Å². The molecule has 0 spiro atoms. The second-order valence-corrected chi connectivity index (χ2v) is 5.93. The molecule has 24 heavy (non-hydrogen) atoms. The molecule has 0 unspecified atom stereocenters. The highest BCUT2D eigenvalue weighted by molar-refractivity contribution is 9.10. The number of nitrogens with one attached hydrogen (secondary N) is 1. The summed E-state index contributed by atoms with van der Waals surface area (Å²) in [6, 6.07) is 10.0. The van der Waals surface area contributed by atoms with Crippen LogP contribution in [0.5, 0.6) is 0 Å². The number of ketones is 1. The smallest absolute Gasteiger partial charge is 0.326 e. The normalized spacial score (nSPS) is 11.6. The van der Waals surface area contributed by atoms with E-state index in [9.17, 15) is 14.4 Å². The van der Waals surface area contributed by atoms with Gasteiger partial charge in [-0.2, -0.15) is 0 Å². The van der Waals surface area contributed by atoms with E-state index in [1.54, 1.807) is 18.2 Å². The van der Waals surface area contributed by atoms with Crippen LogP contribution in [-0.4, -0.2) is 30.3 Å². The molecule has 1 aromatic carbocycles. The van der Waals surface area contributed by atoms with E-state index < -0.39 is 18.0 Å². The summed E-state index contributed by atoms with van der Waals surface area (Å²) in [6.07, 6.45) is -0.935. The Balaban J connectivity index is 1.84. The number of aryl methyl sites for hydroxylation is 1. The van der Waals surface area contributed by atoms with Crippen molar-refractivity contribution in [3.8, 4) is 0 Å². The van der Waals surface area contributed by atoms with Crippen molar-refractivity contribution in [1.29, 1.82) is 0 Å². The molecule has 0 radical (unpaired) electrons. The highest BCUT2D eigenvalue weighted by Crippen LogP contribution is 2.13. The summed E-state index contributed by atoms with van der Waals surface area (Å²) >= 11 is 3.08. The first kappa shape index (κ1) is 17.9. The lowest BCUT2D eigenvalue weighted by molar-refractivity contribution is -0.145. The number of esters is 1. The molecule has 2 aromatic rings. The Hall–Kier alpha value is -2.41. The highest BCUT2D eigenvalue weighted by Gasteiger charge is 2.20. The zero-order valence-electron chi connectivity index (χ0n) is 13.2. The van der Waals surface area contributed by atoms with E-state index in [1.807, 2.05) is 19.1 Å². The Labute approximate surface area is 147 Å². The maximum absolute atomic E-state index is 12.2. The first-order valence-electron chi connectivity index (χ1n) is 7.20. The van der Waals surface area contributed by atoms with Gasteiger partial charge in [0.15, 0.2) is 16.5 Å². The minimum atomic E-state index is -0.935. The molecule has 1 atom stereocenters. The van der Waals surface area contributed by atoms with E-state index in [2.05, 4.69) is 21.2 Å². The Morgan fingerprint density at radius 2 is 1.83 bits per heavy atom. The van der Waals surface area contributed by atoms with Gasteiger partial charge >= 0.3 is 5.97 Å². The van der Waals surface area contributed by atoms with Crippen molar-refractivity contribution in [1.82, 2.24) is 5.32 Å². The van der Waals surface area contributed by atoms with Crippen molar-refractivity contribution in [2.75, 3.05) is 6.54 Å². The van der Waals surface area contributed by atoms with Gasteiger partial charge < -0.3 is 14.5 Å². The second-order valence-electron chi connectivity index (χ2n) is 5.15. The number of amides is 1. The number of benzene rings is 1. The predicted molar refractivity (Wildman–Crippen MR) is 89.8 cm³/mol. The minimum absolute atomic E-state index is 0.0680. The zero-order valence-corrected chi connectivity index (χ0v) is 14.8. The highest BCUT2D eigenvalue weighted by atomic mass is 79.9. The van der Waals surface area contributed by atoms with Crippen LogP contribution in [0, 0.1) is 6.92 Å². The molecule has 1 N–H and O–H groups in total. The van der Waals surface area contributed by atoms with Crippen molar-refractivity contribution in [3.63, 3.8) is 0 Å². The molecule has 1 aromatic heterocycles. The van der Waals surface area contributed by atoms with Gasteiger partial charge in [-0.1, -0.05) is 29.8 Å². The van der Waals surface area contributed by atoms with Crippen molar-refractivity contribution in [2.45, 2.75) is 20.0 Å². The van der Waals surface area contributed by atoms with Crippen molar-refractivity contribution in [2.24, 2.45) is 0 Å². The minimum Gasteiger partial charge on any atom is -0.453 e. The van der Waals surface area contributed by atoms with Crippen LogP contribution in [0.1, 0.15) is 33.4 Å². The topological polar surface area (TPSA) is 85.6 Å². The lowest BCUT2D eigenvalue weighted by Gasteiger charge is -2.12. The third-order valence-electron chi connectivity index (χ3n) is 3.20. The SMILES string of the molecule is Cc1ccc(C(=O)[C@@H](C)OC(=O)CNC(=O)c2ccc(Br)o2)cc1. The first-order chi connectivity index (χ1) is 11.4. The summed E-state index contributed by atoms with van der Waals surface area (Å²) in [7, 11) is 0. The number of halogens is 1. The van der Waals surface area contributed by atoms with E-state index in [0.717, 1.165) is 5.56 Å². The maximum Gasteiger partial charge on any atom is 0.326 e.